The summed E-state index contributed by atoms with van der Waals surface area (Å²) in [6, 6.07) is 3.89. The number of carboxylic acids is 1. The Hall–Kier alpha value is -1.54. The Bertz CT molecular complexity index is 564. The third-order valence-corrected chi connectivity index (χ3v) is 3.83. The lowest BCUT2D eigenvalue weighted by atomic mass is 10.1. The quantitative estimate of drug-likeness (QED) is 0.778. The van der Waals surface area contributed by atoms with E-state index < -0.39 is 17.9 Å². The SMILES string of the molecule is O=C1NC(C(=O)Nc2ccc(Br)cc2C(=O)O)CS1. The molecule has 0 radical (unpaired) electrons. The van der Waals surface area contributed by atoms with Crippen molar-refractivity contribution in [1.82, 2.24) is 5.32 Å². The molecule has 6 nitrogen and oxygen atoms in total. The number of anilines is 1. The molecule has 1 aliphatic heterocycles. The highest BCUT2D eigenvalue weighted by Gasteiger charge is 2.28. The summed E-state index contributed by atoms with van der Waals surface area (Å²) in [6.45, 7) is 0. The van der Waals surface area contributed by atoms with Gasteiger partial charge in [0.2, 0.25) is 5.91 Å². The molecule has 3 N–H and O–H groups in total. The van der Waals surface area contributed by atoms with Gasteiger partial charge in [0, 0.05) is 10.2 Å². The normalized spacial score (nSPS) is 17.9. The van der Waals surface area contributed by atoms with Crippen LogP contribution in [0.2, 0.25) is 0 Å². The zero-order valence-corrected chi connectivity index (χ0v) is 11.9. The Morgan fingerprint density at radius 2 is 2.21 bits per heavy atom. The van der Waals surface area contributed by atoms with Crippen LogP contribution >= 0.6 is 27.7 Å². The van der Waals surface area contributed by atoms with Crippen molar-refractivity contribution in [2.75, 3.05) is 11.1 Å². The van der Waals surface area contributed by atoms with Crippen molar-refractivity contribution in [2.24, 2.45) is 0 Å². The Morgan fingerprint density at radius 3 is 2.79 bits per heavy atom. The van der Waals surface area contributed by atoms with Crippen LogP contribution in [-0.2, 0) is 4.79 Å². The van der Waals surface area contributed by atoms with Gasteiger partial charge >= 0.3 is 5.97 Å². The van der Waals surface area contributed by atoms with Crippen molar-refractivity contribution in [1.29, 1.82) is 0 Å². The second-order valence-electron chi connectivity index (χ2n) is 3.78. The molecule has 1 heterocycles. The van der Waals surface area contributed by atoms with Gasteiger partial charge < -0.3 is 15.7 Å². The van der Waals surface area contributed by atoms with E-state index in [4.69, 9.17) is 5.11 Å². The first kappa shape index (κ1) is 13.9. The van der Waals surface area contributed by atoms with Crippen LogP contribution < -0.4 is 10.6 Å². The van der Waals surface area contributed by atoms with Crippen LogP contribution in [0.5, 0.6) is 0 Å². The van der Waals surface area contributed by atoms with Gasteiger partial charge in [-0.05, 0) is 18.2 Å². The van der Waals surface area contributed by atoms with Crippen LogP contribution in [0, 0.1) is 0 Å². The lowest BCUT2D eigenvalue weighted by molar-refractivity contribution is -0.117. The number of hydrogen-bond donors (Lipinski definition) is 3. The fourth-order valence-corrected chi connectivity index (χ4v) is 2.69. The molecule has 1 fully saturated rings. The Morgan fingerprint density at radius 1 is 1.47 bits per heavy atom. The van der Waals surface area contributed by atoms with Gasteiger partial charge in [0.15, 0.2) is 0 Å². The minimum Gasteiger partial charge on any atom is -0.478 e. The maximum absolute atomic E-state index is 11.9. The molecule has 0 saturated carbocycles. The van der Waals surface area contributed by atoms with Gasteiger partial charge in [-0.25, -0.2) is 4.79 Å². The Kier molecular flexibility index (Phi) is 4.11. The zero-order valence-electron chi connectivity index (χ0n) is 9.47. The molecule has 1 aromatic carbocycles. The zero-order chi connectivity index (χ0) is 14.0. The summed E-state index contributed by atoms with van der Waals surface area (Å²) in [5.41, 5.74) is 0.187. The molecule has 0 aliphatic carbocycles. The first-order valence-electron chi connectivity index (χ1n) is 5.24. The number of hydrogen-bond acceptors (Lipinski definition) is 4. The molecular formula is C11H9BrN2O4S. The van der Waals surface area contributed by atoms with E-state index in [1.165, 1.54) is 12.1 Å². The average molecular weight is 345 g/mol. The molecule has 0 bridgehead atoms. The molecule has 1 atom stereocenters. The number of benzene rings is 1. The third-order valence-electron chi connectivity index (χ3n) is 2.46. The molecule has 0 aromatic heterocycles. The fourth-order valence-electron chi connectivity index (χ4n) is 1.55. The molecule has 0 spiro atoms. The summed E-state index contributed by atoms with van der Waals surface area (Å²) < 4.78 is 0.604. The summed E-state index contributed by atoms with van der Waals surface area (Å²) in [5, 5.41) is 13.8. The number of carbonyl (C=O) groups is 3. The van der Waals surface area contributed by atoms with Gasteiger partial charge in [0.25, 0.3) is 5.24 Å². The Balaban J connectivity index is 2.17. The summed E-state index contributed by atoms with van der Waals surface area (Å²) >= 11 is 4.19. The fraction of sp³-hybridized carbons (Fsp3) is 0.182. The lowest BCUT2D eigenvalue weighted by Crippen LogP contribution is -2.38. The maximum atomic E-state index is 11.9. The van der Waals surface area contributed by atoms with Gasteiger partial charge in [-0.1, -0.05) is 27.7 Å². The summed E-state index contributed by atoms with van der Waals surface area (Å²) in [6.07, 6.45) is 0. The van der Waals surface area contributed by atoms with Crippen LogP contribution in [0.4, 0.5) is 10.5 Å². The van der Waals surface area contributed by atoms with Gasteiger partial charge in [-0.15, -0.1) is 0 Å². The van der Waals surface area contributed by atoms with E-state index in [1.807, 2.05) is 0 Å². The van der Waals surface area contributed by atoms with Gasteiger partial charge in [0.05, 0.1) is 11.3 Å². The summed E-state index contributed by atoms with van der Waals surface area (Å²) in [4.78, 5) is 34.0. The average Bonchev–Trinajstić information content (AvgIpc) is 2.78. The highest BCUT2D eigenvalue weighted by molar-refractivity contribution is 9.10. The first-order valence-corrected chi connectivity index (χ1v) is 7.02. The predicted molar refractivity (Wildman–Crippen MR) is 74.5 cm³/mol. The van der Waals surface area contributed by atoms with Crippen molar-refractivity contribution >= 4 is 50.5 Å². The number of amides is 2. The van der Waals surface area contributed by atoms with Crippen LogP contribution in [0.25, 0.3) is 0 Å². The van der Waals surface area contributed by atoms with Crippen LogP contribution in [0.15, 0.2) is 22.7 Å². The standard InChI is InChI=1S/C11H9BrN2O4S/c12-5-1-2-7(6(3-5)10(16)17)13-9(15)8-4-19-11(18)14-8/h1-3,8H,4H2,(H,13,15)(H,14,18)(H,16,17). The molecule has 1 aliphatic rings. The molecule has 1 saturated heterocycles. The molecule has 2 amide bonds. The van der Waals surface area contributed by atoms with Gasteiger partial charge in [0.1, 0.15) is 6.04 Å². The molecule has 2 rings (SSSR count). The molecular weight excluding hydrogens is 336 g/mol. The van der Waals surface area contributed by atoms with E-state index in [1.54, 1.807) is 6.07 Å². The second kappa shape index (κ2) is 5.62. The number of halogens is 1. The lowest BCUT2D eigenvalue weighted by Gasteiger charge is -2.12. The monoisotopic (exact) mass is 344 g/mol. The van der Waals surface area contributed by atoms with E-state index in [-0.39, 0.29) is 16.5 Å². The van der Waals surface area contributed by atoms with Crippen molar-refractivity contribution in [2.45, 2.75) is 6.04 Å². The molecule has 8 heteroatoms. The molecule has 100 valence electrons. The van der Waals surface area contributed by atoms with Crippen molar-refractivity contribution < 1.29 is 19.5 Å². The minimum atomic E-state index is -1.14. The topological polar surface area (TPSA) is 95.5 Å². The van der Waals surface area contributed by atoms with Crippen molar-refractivity contribution in [3.63, 3.8) is 0 Å². The third kappa shape index (κ3) is 3.27. The van der Waals surface area contributed by atoms with Gasteiger partial charge in [-0.2, -0.15) is 0 Å². The van der Waals surface area contributed by atoms with Crippen molar-refractivity contribution in [3.05, 3.63) is 28.2 Å². The largest absolute Gasteiger partial charge is 0.478 e. The Labute approximate surface area is 121 Å². The van der Waals surface area contributed by atoms with Gasteiger partial charge in [-0.3, -0.25) is 9.59 Å². The van der Waals surface area contributed by atoms with Crippen molar-refractivity contribution in [3.8, 4) is 0 Å². The van der Waals surface area contributed by atoms with Crippen LogP contribution in [0.3, 0.4) is 0 Å². The predicted octanol–water partition coefficient (Wildman–Crippen LogP) is 1.91. The highest BCUT2D eigenvalue weighted by Crippen LogP contribution is 2.22. The first-order chi connectivity index (χ1) is 8.97. The number of thioether (sulfide) groups is 1. The smallest absolute Gasteiger partial charge is 0.337 e. The van der Waals surface area contributed by atoms with E-state index in [0.29, 0.717) is 10.2 Å². The minimum absolute atomic E-state index is 0.0142. The van der Waals surface area contributed by atoms with Crippen LogP contribution in [0.1, 0.15) is 10.4 Å². The van der Waals surface area contributed by atoms with E-state index in [9.17, 15) is 14.4 Å². The number of carbonyl (C=O) groups excluding carboxylic acids is 2. The second-order valence-corrected chi connectivity index (χ2v) is 5.69. The number of carboxylic acid groups (broad SMARTS) is 1. The van der Waals surface area contributed by atoms with E-state index >= 15 is 0 Å². The van der Waals surface area contributed by atoms with E-state index in [0.717, 1.165) is 11.8 Å². The summed E-state index contributed by atoms with van der Waals surface area (Å²) in [7, 11) is 0. The molecule has 19 heavy (non-hydrogen) atoms. The molecule has 1 aromatic rings. The summed E-state index contributed by atoms with van der Waals surface area (Å²) in [5.74, 6) is -1.23. The van der Waals surface area contributed by atoms with Crippen LogP contribution in [-0.4, -0.2) is 34.0 Å². The number of rotatable bonds is 3. The number of nitrogens with one attached hydrogen (secondary N) is 2. The highest BCUT2D eigenvalue weighted by atomic mass is 79.9. The number of aromatic carboxylic acids is 1. The van der Waals surface area contributed by atoms with E-state index in [2.05, 4.69) is 26.6 Å². The maximum Gasteiger partial charge on any atom is 0.337 e. The molecule has 1 unspecified atom stereocenters.